The SMILES string of the molecule is C/C(=N\C(=O)OCCC#N)NC(=O)OCCC#N. The van der Waals surface area contributed by atoms with Crippen molar-refractivity contribution in [2.24, 2.45) is 4.99 Å². The first-order valence-electron chi connectivity index (χ1n) is 5.00. The van der Waals surface area contributed by atoms with Gasteiger partial charge in [0.05, 0.1) is 25.0 Å². The Balaban J connectivity index is 3.96. The first kappa shape index (κ1) is 15.4. The summed E-state index contributed by atoms with van der Waals surface area (Å²) in [6.07, 6.45) is -1.56. The van der Waals surface area contributed by atoms with Gasteiger partial charge < -0.3 is 9.47 Å². The van der Waals surface area contributed by atoms with Gasteiger partial charge in [0.2, 0.25) is 0 Å². The lowest BCUT2D eigenvalue weighted by Gasteiger charge is -2.04. The number of aliphatic imine (C=N–C) groups is 1. The third-order valence-electron chi connectivity index (χ3n) is 1.43. The fourth-order valence-corrected chi connectivity index (χ4v) is 0.754. The van der Waals surface area contributed by atoms with Gasteiger partial charge in [-0.25, -0.2) is 9.59 Å². The van der Waals surface area contributed by atoms with Gasteiger partial charge in [0, 0.05) is 0 Å². The summed E-state index contributed by atoms with van der Waals surface area (Å²) in [6.45, 7) is 1.28. The molecule has 8 nitrogen and oxygen atoms in total. The number of ether oxygens (including phenoxy) is 2. The summed E-state index contributed by atoms with van der Waals surface area (Å²) in [5, 5.41) is 18.6. The maximum Gasteiger partial charge on any atom is 0.435 e. The van der Waals surface area contributed by atoms with Crippen molar-refractivity contribution in [3.05, 3.63) is 0 Å². The topological polar surface area (TPSA) is 125 Å². The summed E-state index contributed by atoms with van der Waals surface area (Å²) >= 11 is 0. The lowest BCUT2D eigenvalue weighted by molar-refractivity contribution is 0.154. The van der Waals surface area contributed by atoms with E-state index in [0.29, 0.717) is 0 Å². The van der Waals surface area contributed by atoms with Crippen molar-refractivity contribution in [2.45, 2.75) is 19.8 Å². The zero-order chi connectivity index (χ0) is 13.8. The third kappa shape index (κ3) is 8.68. The van der Waals surface area contributed by atoms with Crippen LogP contribution >= 0.6 is 0 Å². The molecule has 0 saturated heterocycles. The summed E-state index contributed by atoms with van der Waals surface area (Å²) in [6, 6.07) is 3.60. The van der Waals surface area contributed by atoms with Gasteiger partial charge in [0.15, 0.2) is 0 Å². The number of nitrogens with one attached hydrogen (secondary N) is 1. The number of carbonyl (C=O) groups excluding carboxylic acids is 2. The van der Waals surface area contributed by atoms with E-state index < -0.39 is 12.2 Å². The minimum Gasteiger partial charge on any atom is -0.448 e. The number of carbonyl (C=O) groups is 2. The largest absolute Gasteiger partial charge is 0.448 e. The standard InChI is InChI=1S/C10H12N4O4/c1-8(13-9(15)17-6-2-4-11)14-10(16)18-7-3-5-12/h2-3,6-7H2,1H3,(H,13,14,15,16). The van der Waals surface area contributed by atoms with Crippen molar-refractivity contribution >= 4 is 18.0 Å². The van der Waals surface area contributed by atoms with E-state index >= 15 is 0 Å². The summed E-state index contributed by atoms with van der Waals surface area (Å²) < 4.78 is 9.13. The molecule has 0 radical (unpaired) electrons. The highest BCUT2D eigenvalue weighted by molar-refractivity contribution is 5.98. The smallest absolute Gasteiger partial charge is 0.435 e. The molecule has 0 fully saturated rings. The molecule has 0 aromatic carbocycles. The Hall–Kier alpha value is -2.61. The van der Waals surface area contributed by atoms with E-state index in [4.69, 9.17) is 10.5 Å². The molecule has 1 N–H and O–H groups in total. The van der Waals surface area contributed by atoms with Crippen LogP contribution in [0.1, 0.15) is 19.8 Å². The summed E-state index contributed by atoms with van der Waals surface area (Å²) in [5.74, 6) is -0.00100. The van der Waals surface area contributed by atoms with Gasteiger partial charge >= 0.3 is 12.2 Å². The first-order chi connectivity index (χ1) is 8.60. The van der Waals surface area contributed by atoms with Crippen molar-refractivity contribution in [1.82, 2.24) is 5.32 Å². The molecule has 0 unspecified atom stereocenters. The lowest BCUT2D eigenvalue weighted by atomic mass is 10.5. The zero-order valence-corrected chi connectivity index (χ0v) is 9.80. The van der Waals surface area contributed by atoms with Gasteiger partial charge in [-0.1, -0.05) is 0 Å². The second-order valence-corrected chi connectivity index (χ2v) is 2.89. The maximum absolute atomic E-state index is 11.1. The Morgan fingerprint density at radius 2 is 1.72 bits per heavy atom. The molecule has 0 atom stereocenters. The molecular weight excluding hydrogens is 240 g/mol. The highest BCUT2D eigenvalue weighted by atomic mass is 16.6. The molecule has 0 heterocycles. The molecule has 0 aliphatic carbocycles. The van der Waals surface area contributed by atoms with Crippen molar-refractivity contribution in [3.63, 3.8) is 0 Å². The van der Waals surface area contributed by atoms with E-state index in [9.17, 15) is 9.59 Å². The summed E-state index contributed by atoms with van der Waals surface area (Å²) in [7, 11) is 0. The van der Waals surface area contributed by atoms with Crippen LogP contribution in [-0.2, 0) is 9.47 Å². The number of hydrogen-bond donors (Lipinski definition) is 1. The summed E-state index contributed by atoms with van der Waals surface area (Å²) in [4.78, 5) is 25.5. The molecule has 0 aliphatic heterocycles. The fraction of sp³-hybridized carbons (Fsp3) is 0.500. The van der Waals surface area contributed by atoms with Gasteiger partial charge in [-0.15, -0.1) is 0 Å². The average Bonchev–Trinajstić information content (AvgIpc) is 2.29. The van der Waals surface area contributed by atoms with E-state index in [1.54, 1.807) is 12.1 Å². The van der Waals surface area contributed by atoms with Crippen LogP contribution in [0.4, 0.5) is 9.59 Å². The van der Waals surface area contributed by atoms with Crippen LogP contribution in [0.3, 0.4) is 0 Å². The van der Waals surface area contributed by atoms with E-state index in [-0.39, 0.29) is 31.9 Å². The molecular formula is C10H12N4O4. The van der Waals surface area contributed by atoms with Crippen molar-refractivity contribution in [3.8, 4) is 12.1 Å². The number of nitrogens with zero attached hydrogens (tertiary/aromatic N) is 3. The van der Waals surface area contributed by atoms with Crippen molar-refractivity contribution in [2.75, 3.05) is 13.2 Å². The van der Waals surface area contributed by atoms with Crippen LogP contribution in [0.2, 0.25) is 0 Å². The minimum absolute atomic E-state index is 0.00100. The van der Waals surface area contributed by atoms with Crippen LogP contribution in [0.25, 0.3) is 0 Å². The van der Waals surface area contributed by atoms with Crippen LogP contribution in [-0.4, -0.2) is 31.2 Å². The Bertz CT molecular complexity index is 405. The monoisotopic (exact) mass is 252 g/mol. The second-order valence-electron chi connectivity index (χ2n) is 2.89. The molecule has 0 aliphatic rings. The predicted octanol–water partition coefficient (Wildman–Crippen LogP) is 1.09. The molecule has 0 spiro atoms. The molecule has 8 heteroatoms. The number of amidine groups is 1. The molecule has 0 rings (SSSR count). The van der Waals surface area contributed by atoms with Crippen LogP contribution in [0, 0.1) is 22.7 Å². The number of nitriles is 2. The summed E-state index contributed by atoms with van der Waals surface area (Å²) in [5.41, 5.74) is 0. The molecule has 0 aromatic rings. The molecule has 0 saturated carbocycles. The van der Waals surface area contributed by atoms with E-state index in [0.717, 1.165) is 0 Å². The molecule has 0 aromatic heterocycles. The van der Waals surface area contributed by atoms with Gasteiger partial charge in [-0.05, 0) is 6.92 Å². The van der Waals surface area contributed by atoms with Gasteiger partial charge in [0.25, 0.3) is 0 Å². The van der Waals surface area contributed by atoms with Gasteiger partial charge in [0.1, 0.15) is 19.0 Å². The number of rotatable bonds is 4. The Labute approximate surface area is 104 Å². The molecule has 0 bridgehead atoms. The van der Waals surface area contributed by atoms with E-state index in [2.05, 4.69) is 19.8 Å². The number of hydrogen-bond acceptors (Lipinski definition) is 6. The first-order valence-corrected chi connectivity index (χ1v) is 5.00. The fourth-order valence-electron chi connectivity index (χ4n) is 0.754. The maximum atomic E-state index is 11.1. The molecule has 96 valence electrons. The quantitative estimate of drug-likeness (QED) is 0.453. The van der Waals surface area contributed by atoms with Gasteiger partial charge in [-0.2, -0.15) is 15.5 Å². The van der Waals surface area contributed by atoms with E-state index in [1.165, 1.54) is 6.92 Å². The lowest BCUT2D eigenvalue weighted by Crippen LogP contribution is -2.30. The zero-order valence-electron chi connectivity index (χ0n) is 9.80. The highest BCUT2D eigenvalue weighted by Crippen LogP contribution is 1.88. The second kappa shape index (κ2) is 9.60. The normalized spacial score (nSPS) is 9.83. The van der Waals surface area contributed by atoms with Crippen LogP contribution in [0.5, 0.6) is 0 Å². The number of alkyl carbamates (subject to hydrolysis) is 1. The van der Waals surface area contributed by atoms with Crippen LogP contribution in [0.15, 0.2) is 4.99 Å². The third-order valence-corrected chi connectivity index (χ3v) is 1.43. The minimum atomic E-state index is -0.903. The van der Waals surface area contributed by atoms with Crippen molar-refractivity contribution in [1.29, 1.82) is 10.5 Å². The number of amides is 2. The predicted molar refractivity (Wildman–Crippen MR) is 59.4 cm³/mol. The average molecular weight is 252 g/mol. The molecule has 18 heavy (non-hydrogen) atoms. The van der Waals surface area contributed by atoms with Crippen LogP contribution < -0.4 is 5.32 Å². The Morgan fingerprint density at radius 1 is 1.17 bits per heavy atom. The van der Waals surface area contributed by atoms with E-state index in [1.807, 2.05) is 0 Å². The Kier molecular flexibility index (Phi) is 8.21. The highest BCUT2D eigenvalue weighted by Gasteiger charge is 2.05. The van der Waals surface area contributed by atoms with Gasteiger partial charge in [-0.3, -0.25) is 5.32 Å². The molecule has 2 amide bonds. The Morgan fingerprint density at radius 3 is 2.28 bits per heavy atom. The van der Waals surface area contributed by atoms with Crippen molar-refractivity contribution < 1.29 is 19.1 Å².